The Hall–Kier alpha value is -1.11. The molecule has 0 unspecified atom stereocenters. The van der Waals surface area contributed by atoms with Gasteiger partial charge in [-0.05, 0) is 0 Å². The van der Waals surface area contributed by atoms with E-state index < -0.39 is 22.7 Å². The zero-order chi connectivity index (χ0) is 14.3. The van der Waals surface area contributed by atoms with Crippen LogP contribution in [0.2, 0.25) is 5.15 Å². The van der Waals surface area contributed by atoms with Crippen LogP contribution in [-0.4, -0.2) is 29.0 Å². The first-order valence-corrected chi connectivity index (χ1v) is 6.10. The quantitative estimate of drug-likeness (QED) is 0.783. The van der Waals surface area contributed by atoms with Crippen molar-refractivity contribution >= 4 is 17.4 Å². The average molecular weight is 298 g/mol. The number of nitrogens with zero attached hydrogens (tertiary/aromatic N) is 3. The highest BCUT2D eigenvalue weighted by atomic mass is 35.5. The third-order valence-electron chi connectivity index (χ3n) is 2.95. The maximum Gasteiger partial charge on any atom is 0.290 e. The molecule has 1 saturated heterocycles. The number of hydrogen-bond acceptors (Lipinski definition) is 3. The maximum absolute atomic E-state index is 13.1. The number of anilines is 1. The highest BCUT2D eigenvalue weighted by Crippen LogP contribution is 2.33. The molecule has 0 aromatic carbocycles. The smallest absolute Gasteiger partial charge is 0.290 e. The van der Waals surface area contributed by atoms with E-state index in [0.717, 1.165) is 6.20 Å². The minimum atomic E-state index is -3.18. The van der Waals surface area contributed by atoms with Gasteiger partial charge < -0.3 is 4.90 Å². The summed E-state index contributed by atoms with van der Waals surface area (Å²) in [4.78, 5) is 8.97. The molecule has 0 saturated carbocycles. The molecule has 0 amide bonds. The molecule has 2 rings (SSSR count). The Bertz CT molecular complexity index is 465. The van der Waals surface area contributed by atoms with E-state index in [1.807, 2.05) is 0 Å². The van der Waals surface area contributed by atoms with Crippen molar-refractivity contribution in [1.82, 2.24) is 9.97 Å². The minimum Gasteiger partial charge on any atom is -0.355 e. The van der Waals surface area contributed by atoms with Gasteiger partial charge in [0.15, 0.2) is 5.15 Å². The molecule has 0 aliphatic carbocycles. The van der Waals surface area contributed by atoms with E-state index >= 15 is 0 Å². The van der Waals surface area contributed by atoms with Crippen molar-refractivity contribution < 1.29 is 17.6 Å². The predicted octanol–water partition coefficient (Wildman–Crippen LogP) is 3.48. The molecular formula is C11H12ClF4N3. The minimum absolute atomic E-state index is 0.0971. The fraction of sp³-hybridized carbons (Fsp3) is 0.636. The van der Waals surface area contributed by atoms with E-state index in [4.69, 9.17) is 11.6 Å². The largest absolute Gasteiger partial charge is 0.355 e. The molecule has 0 radical (unpaired) electrons. The first-order chi connectivity index (χ1) is 8.69. The molecule has 19 heavy (non-hydrogen) atoms. The average Bonchev–Trinajstić information content (AvgIpc) is 2.27. The summed E-state index contributed by atoms with van der Waals surface area (Å²) < 4.78 is 52.2. The third kappa shape index (κ3) is 3.26. The summed E-state index contributed by atoms with van der Waals surface area (Å²) in [7, 11) is 0. The fourth-order valence-corrected chi connectivity index (χ4v) is 2.17. The van der Waals surface area contributed by atoms with E-state index in [1.54, 1.807) is 4.90 Å². The van der Waals surface area contributed by atoms with Crippen molar-refractivity contribution in [2.75, 3.05) is 18.0 Å². The van der Waals surface area contributed by atoms with Crippen LogP contribution < -0.4 is 4.90 Å². The summed E-state index contributed by atoms with van der Waals surface area (Å²) in [6.45, 7) is 0.865. The Morgan fingerprint density at radius 1 is 1.32 bits per heavy atom. The monoisotopic (exact) mass is 297 g/mol. The van der Waals surface area contributed by atoms with E-state index in [0.29, 0.717) is 6.92 Å². The molecule has 8 heteroatoms. The number of piperidine rings is 1. The van der Waals surface area contributed by atoms with Crippen LogP contribution >= 0.6 is 11.6 Å². The van der Waals surface area contributed by atoms with Crippen molar-refractivity contribution in [2.45, 2.75) is 31.6 Å². The summed E-state index contributed by atoms with van der Waals surface area (Å²) in [6, 6.07) is 0. The Kier molecular flexibility index (Phi) is 3.59. The van der Waals surface area contributed by atoms with Gasteiger partial charge in [0, 0.05) is 32.9 Å². The summed E-state index contributed by atoms with van der Waals surface area (Å²) >= 11 is 5.66. The molecule has 0 bridgehead atoms. The molecular weight excluding hydrogens is 286 g/mol. The van der Waals surface area contributed by atoms with E-state index in [-0.39, 0.29) is 31.7 Å². The van der Waals surface area contributed by atoms with Gasteiger partial charge in [0.1, 0.15) is 11.5 Å². The van der Waals surface area contributed by atoms with Crippen molar-refractivity contribution in [3.05, 3.63) is 17.0 Å². The van der Waals surface area contributed by atoms with Crippen LogP contribution in [-0.2, 0) is 5.92 Å². The predicted molar refractivity (Wildman–Crippen MR) is 63.0 cm³/mol. The van der Waals surface area contributed by atoms with Gasteiger partial charge in [0.25, 0.3) is 11.8 Å². The van der Waals surface area contributed by atoms with Crippen molar-refractivity contribution in [3.63, 3.8) is 0 Å². The number of rotatable bonds is 2. The molecule has 1 fully saturated rings. The van der Waals surface area contributed by atoms with Crippen LogP contribution in [0.25, 0.3) is 0 Å². The summed E-state index contributed by atoms with van der Waals surface area (Å²) in [5.74, 6) is -5.62. The van der Waals surface area contributed by atoms with E-state index in [1.165, 1.54) is 0 Å². The number of aromatic nitrogens is 2. The molecule has 1 aliphatic heterocycles. The molecule has 3 nitrogen and oxygen atoms in total. The Morgan fingerprint density at radius 2 is 1.89 bits per heavy atom. The van der Waals surface area contributed by atoms with Gasteiger partial charge in [-0.15, -0.1) is 0 Å². The molecule has 1 aromatic rings. The van der Waals surface area contributed by atoms with Crippen LogP contribution in [0.15, 0.2) is 6.20 Å². The zero-order valence-electron chi connectivity index (χ0n) is 10.1. The van der Waals surface area contributed by atoms with Crippen LogP contribution in [0.4, 0.5) is 23.4 Å². The van der Waals surface area contributed by atoms with Gasteiger partial charge in [-0.3, -0.25) is 0 Å². The number of alkyl halides is 4. The molecule has 2 heterocycles. The standard InChI is InChI=1S/C11H12ClF4N3/c1-10(13,14)8-9(12)18-7(6-17-8)19-4-2-11(15,16)3-5-19/h6H,2-5H2,1H3. The molecule has 0 atom stereocenters. The number of hydrogen-bond donors (Lipinski definition) is 0. The maximum atomic E-state index is 13.1. The van der Waals surface area contributed by atoms with Crippen LogP contribution in [0, 0.1) is 0 Å². The van der Waals surface area contributed by atoms with Gasteiger partial charge in [-0.1, -0.05) is 11.6 Å². The SMILES string of the molecule is CC(F)(F)c1ncc(N2CCC(F)(F)CC2)nc1Cl. The number of halogens is 5. The molecule has 0 N–H and O–H groups in total. The Balaban J connectivity index is 2.17. The topological polar surface area (TPSA) is 29.0 Å². The second-order valence-electron chi connectivity index (χ2n) is 4.60. The highest BCUT2D eigenvalue weighted by molar-refractivity contribution is 6.30. The van der Waals surface area contributed by atoms with Gasteiger partial charge in [-0.2, -0.15) is 8.78 Å². The Labute approximate surface area is 112 Å². The Morgan fingerprint density at radius 3 is 2.37 bits per heavy atom. The highest BCUT2D eigenvalue weighted by Gasteiger charge is 2.35. The fourth-order valence-electron chi connectivity index (χ4n) is 1.87. The lowest BCUT2D eigenvalue weighted by Crippen LogP contribution is -2.39. The third-order valence-corrected chi connectivity index (χ3v) is 3.22. The van der Waals surface area contributed by atoms with Gasteiger partial charge in [0.2, 0.25) is 0 Å². The molecule has 1 aliphatic rings. The first-order valence-electron chi connectivity index (χ1n) is 5.73. The van der Waals surface area contributed by atoms with Gasteiger partial charge in [0.05, 0.1) is 6.20 Å². The van der Waals surface area contributed by atoms with Crippen LogP contribution in [0.3, 0.4) is 0 Å². The van der Waals surface area contributed by atoms with Crippen LogP contribution in [0.5, 0.6) is 0 Å². The van der Waals surface area contributed by atoms with Gasteiger partial charge in [-0.25, -0.2) is 18.7 Å². The second-order valence-corrected chi connectivity index (χ2v) is 4.96. The van der Waals surface area contributed by atoms with Crippen molar-refractivity contribution in [1.29, 1.82) is 0 Å². The first kappa shape index (κ1) is 14.3. The van der Waals surface area contributed by atoms with Crippen LogP contribution in [0.1, 0.15) is 25.5 Å². The summed E-state index contributed by atoms with van der Waals surface area (Å²) in [5.41, 5.74) is -0.611. The van der Waals surface area contributed by atoms with Gasteiger partial charge >= 0.3 is 0 Å². The lowest BCUT2D eigenvalue weighted by molar-refractivity contribution is -0.0221. The molecule has 106 valence electrons. The lowest BCUT2D eigenvalue weighted by Gasteiger charge is -2.32. The molecule has 0 spiro atoms. The zero-order valence-corrected chi connectivity index (χ0v) is 10.9. The van der Waals surface area contributed by atoms with E-state index in [2.05, 4.69) is 9.97 Å². The summed E-state index contributed by atoms with van der Waals surface area (Å²) in [5, 5.41) is -0.401. The van der Waals surface area contributed by atoms with Crippen molar-refractivity contribution in [3.8, 4) is 0 Å². The van der Waals surface area contributed by atoms with Crippen molar-refractivity contribution in [2.24, 2.45) is 0 Å². The molecule has 1 aromatic heterocycles. The lowest BCUT2D eigenvalue weighted by atomic mass is 10.1. The normalized spacial score (nSPS) is 19.6. The summed E-state index contributed by atoms with van der Waals surface area (Å²) in [6.07, 6.45) is 0.554. The second kappa shape index (κ2) is 4.77. The van der Waals surface area contributed by atoms with E-state index in [9.17, 15) is 17.6 Å².